The van der Waals surface area contributed by atoms with Gasteiger partial charge in [-0.25, -0.2) is 0 Å². The molecule has 0 atom stereocenters. The number of halogens is 2. The largest absolute Gasteiger partial charge is 0.371 e. The minimum atomic E-state index is 0.211. The Hall–Kier alpha value is -2.89. The Morgan fingerprint density at radius 3 is 2.46 bits per heavy atom. The summed E-state index contributed by atoms with van der Waals surface area (Å²) in [5, 5.41) is 15.0. The van der Waals surface area contributed by atoms with Gasteiger partial charge in [0.15, 0.2) is 0 Å². The predicted molar refractivity (Wildman–Crippen MR) is 142 cm³/mol. The molecule has 6 rings (SSSR count). The first kappa shape index (κ1) is 22.6. The van der Waals surface area contributed by atoms with Crippen molar-refractivity contribution in [1.82, 2.24) is 15.4 Å². The van der Waals surface area contributed by atoms with Crippen molar-refractivity contribution in [3.8, 4) is 11.3 Å². The summed E-state index contributed by atoms with van der Waals surface area (Å²) in [6, 6.07) is 14.0. The topological polar surface area (TPSA) is 55.1 Å². The average molecular weight is 505 g/mol. The van der Waals surface area contributed by atoms with E-state index in [0.29, 0.717) is 10.0 Å². The summed E-state index contributed by atoms with van der Waals surface area (Å²) in [6.45, 7) is 6.28. The quantitative estimate of drug-likeness (QED) is 0.283. The van der Waals surface area contributed by atoms with Crippen LogP contribution in [0, 0.1) is 5.41 Å². The lowest BCUT2D eigenvalue weighted by Gasteiger charge is -2.47. The molecule has 0 amide bonds. The van der Waals surface area contributed by atoms with E-state index in [-0.39, 0.29) is 11.3 Å². The molecule has 0 saturated carbocycles. The summed E-state index contributed by atoms with van der Waals surface area (Å²) in [5.74, 6) is 1.11. The van der Waals surface area contributed by atoms with Crippen molar-refractivity contribution in [1.29, 1.82) is 0 Å². The molecule has 0 bridgehead atoms. The molecule has 1 fully saturated rings. The molecule has 0 unspecified atom stereocenters. The van der Waals surface area contributed by atoms with Crippen molar-refractivity contribution >= 4 is 45.4 Å². The molecule has 1 aliphatic heterocycles. The van der Waals surface area contributed by atoms with Gasteiger partial charge in [0.05, 0.1) is 21.8 Å². The highest BCUT2D eigenvalue weighted by Crippen LogP contribution is 2.54. The summed E-state index contributed by atoms with van der Waals surface area (Å²) in [5.41, 5.74) is 6.23. The van der Waals surface area contributed by atoms with E-state index >= 15 is 0 Å². The maximum Gasteiger partial charge on any atom is 0.147 e. The lowest BCUT2D eigenvalue weighted by molar-refractivity contribution is 0.277. The highest BCUT2D eigenvalue weighted by molar-refractivity contribution is 6.39. The van der Waals surface area contributed by atoms with Crippen molar-refractivity contribution in [3.05, 3.63) is 76.1 Å². The van der Waals surface area contributed by atoms with Crippen molar-refractivity contribution in [2.75, 3.05) is 18.0 Å². The number of allylic oxidation sites excluding steroid dienone is 2. The van der Waals surface area contributed by atoms with E-state index in [2.05, 4.69) is 58.4 Å². The van der Waals surface area contributed by atoms with E-state index in [1.165, 1.54) is 11.3 Å². The van der Waals surface area contributed by atoms with Crippen LogP contribution < -0.4 is 4.90 Å². The van der Waals surface area contributed by atoms with Crippen LogP contribution >= 0.6 is 23.2 Å². The Morgan fingerprint density at radius 1 is 1.00 bits per heavy atom. The molecule has 7 heteroatoms. The number of piperidine rings is 1. The molecular weight excluding hydrogens is 479 g/mol. The van der Waals surface area contributed by atoms with Gasteiger partial charge in [0, 0.05) is 41.2 Å². The highest BCUT2D eigenvalue weighted by atomic mass is 35.5. The van der Waals surface area contributed by atoms with Gasteiger partial charge in [0.2, 0.25) is 0 Å². The number of fused-ring (bicyclic) bond motifs is 1. The zero-order chi connectivity index (χ0) is 24.2. The predicted octanol–water partition coefficient (Wildman–Crippen LogP) is 7.79. The molecule has 1 aliphatic carbocycles. The van der Waals surface area contributed by atoms with E-state index in [4.69, 9.17) is 27.7 Å². The Bertz CT molecular complexity index is 1430. The SMILES string of the molecule is CC(C)c1onc(-c2c(Cl)cccc2Cl)c1C1=CC2(CCN(c3ccc4ccnnc4c3)CC2)C1. The van der Waals surface area contributed by atoms with Gasteiger partial charge in [-0.05, 0) is 60.6 Å². The van der Waals surface area contributed by atoms with Crippen LogP contribution in [0.1, 0.15) is 50.4 Å². The zero-order valence-corrected chi connectivity index (χ0v) is 21.3. The van der Waals surface area contributed by atoms with Gasteiger partial charge in [-0.3, -0.25) is 0 Å². The van der Waals surface area contributed by atoms with Crippen molar-refractivity contribution in [3.63, 3.8) is 0 Å². The molecule has 0 N–H and O–H groups in total. The number of nitrogens with zero attached hydrogens (tertiary/aromatic N) is 4. The third-order valence-electron chi connectivity index (χ3n) is 7.41. The van der Waals surface area contributed by atoms with Crippen LogP contribution in [0.15, 0.2) is 59.3 Å². The number of aromatic nitrogens is 3. The van der Waals surface area contributed by atoms with Crippen molar-refractivity contribution < 1.29 is 4.52 Å². The maximum atomic E-state index is 6.54. The number of benzene rings is 2. The Balaban J connectivity index is 1.27. The van der Waals surface area contributed by atoms with Crippen LogP contribution in [-0.2, 0) is 0 Å². The van der Waals surface area contributed by atoms with Crippen LogP contribution in [0.3, 0.4) is 0 Å². The fourth-order valence-corrected chi connectivity index (χ4v) is 6.06. The average Bonchev–Trinajstić information content (AvgIpc) is 3.27. The Labute approximate surface area is 214 Å². The summed E-state index contributed by atoms with van der Waals surface area (Å²) >= 11 is 13.1. The first-order valence-electron chi connectivity index (χ1n) is 12.1. The van der Waals surface area contributed by atoms with Crippen molar-refractivity contribution in [2.45, 2.75) is 39.0 Å². The van der Waals surface area contributed by atoms with E-state index in [1.807, 2.05) is 24.3 Å². The van der Waals surface area contributed by atoms with Gasteiger partial charge in [0.1, 0.15) is 11.5 Å². The molecule has 5 nitrogen and oxygen atoms in total. The smallest absolute Gasteiger partial charge is 0.147 e. The lowest BCUT2D eigenvalue weighted by atomic mass is 9.63. The van der Waals surface area contributed by atoms with E-state index in [1.54, 1.807) is 6.20 Å². The van der Waals surface area contributed by atoms with Gasteiger partial charge in [0.25, 0.3) is 0 Å². The maximum absolute atomic E-state index is 6.54. The Kier molecular flexibility index (Phi) is 5.58. The second kappa shape index (κ2) is 8.65. The molecule has 2 aromatic heterocycles. The van der Waals surface area contributed by atoms with E-state index in [0.717, 1.165) is 65.8 Å². The molecule has 2 aromatic carbocycles. The van der Waals surface area contributed by atoms with Gasteiger partial charge in [-0.1, -0.05) is 60.4 Å². The van der Waals surface area contributed by atoms with Gasteiger partial charge >= 0.3 is 0 Å². The van der Waals surface area contributed by atoms with Gasteiger partial charge in [-0.2, -0.15) is 10.2 Å². The summed E-state index contributed by atoms with van der Waals surface area (Å²) in [7, 11) is 0. The molecule has 35 heavy (non-hydrogen) atoms. The number of hydrogen-bond acceptors (Lipinski definition) is 5. The monoisotopic (exact) mass is 504 g/mol. The normalized spacial score (nSPS) is 17.2. The molecule has 1 saturated heterocycles. The van der Waals surface area contributed by atoms with E-state index in [9.17, 15) is 0 Å². The molecule has 2 aliphatic rings. The van der Waals surface area contributed by atoms with E-state index < -0.39 is 0 Å². The molecule has 1 spiro atoms. The van der Waals surface area contributed by atoms with Crippen LogP contribution in [-0.4, -0.2) is 28.4 Å². The summed E-state index contributed by atoms with van der Waals surface area (Å²) < 4.78 is 5.84. The molecular formula is C28H26Cl2N4O. The molecule has 178 valence electrons. The van der Waals surface area contributed by atoms with Crippen LogP contribution in [0.5, 0.6) is 0 Å². The zero-order valence-electron chi connectivity index (χ0n) is 19.8. The van der Waals surface area contributed by atoms with Crippen LogP contribution in [0.2, 0.25) is 10.0 Å². The highest BCUT2D eigenvalue weighted by Gasteiger charge is 2.42. The Morgan fingerprint density at radius 2 is 1.74 bits per heavy atom. The number of rotatable bonds is 4. The van der Waals surface area contributed by atoms with Crippen molar-refractivity contribution in [2.24, 2.45) is 5.41 Å². The van der Waals surface area contributed by atoms with Crippen LogP contribution in [0.25, 0.3) is 27.7 Å². The third kappa shape index (κ3) is 3.91. The van der Waals surface area contributed by atoms with Crippen LogP contribution in [0.4, 0.5) is 5.69 Å². The molecule has 3 heterocycles. The standard InChI is InChI=1S/C28H26Cl2N4O/c1-17(2)27-24(26(33-35-27)25-21(29)4-3-5-22(25)30)19-15-28(16-19)9-12-34(13-10-28)20-7-6-18-8-11-31-32-23(18)14-20/h3-8,11,14-15,17H,9-10,12-13,16H2,1-2H3. The molecule has 4 aromatic rings. The number of anilines is 1. The fraction of sp³-hybridized carbons (Fsp3) is 0.321. The fourth-order valence-electron chi connectivity index (χ4n) is 5.48. The first-order valence-corrected chi connectivity index (χ1v) is 12.8. The first-order chi connectivity index (χ1) is 16.9. The van der Waals surface area contributed by atoms with Gasteiger partial charge < -0.3 is 9.42 Å². The lowest BCUT2D eigenvalue weighted by Crippen LogP contribution is -2.42. The summed E-state index contributed by atoms with van der Waals surface area (Å²) in [4.78, 5) is 2.46. The number of hydrogen-bond donors (Lipinski definition) is 0. The minimum absolute atomic E-state index is 0.211. The summed E-state index contributed by atoms with van der Waals surface area (Å²) in [6.07, 6.45) is 7.42. The molecule has 0 radical (unpaired) electrons. The van der Waals surface area contributed by atoms with Gasteiger partial charge in [-0.15, -0.1) is 0 Å². The second-order valence-corrected chi connectivity index (χ2v) is 10.8. The second-order valence-electron chi connectivity index (χ2n) is 9.99. The third-order valence-corrected chi connectivity index (χ3v) is 8.04. The minimum Gasteiger partial charge on any atom is -0.371 e.